The van der Waals surface area contributed by atoms with Crippen LogP contribution in [-0.4, -0.2) is 5.54 Å². The van der Waals surface area contributed by atoms with E-state index >= 15 is 0 Å². The van der Waals surface area contributed by atoms with Gasteiger partial charge in [0, 0.05) is 5.54 Å². The molecule has 2 atom stereocenters. The van der Waals surface area contributed by atoms with Gasteiger partial charge < -0.3 is 5.73 Å². The Balaban J connectivity index is 2.14. The van der Waals surface area contributed by atoms with Gasteiger partial charge in [0.25, 0.3) is 0 Å². The van der Waals surface area contributed by atoms with E-state index in [1.807, 2.05) is 6.07 Å². The maximum Gasteiger partial charge on any atom is 0.142 e. The van der Waals surface area contributed by atoms with Crippen molar-refractivity contribution in [2.75, 3.05) is 0 Å². The molecule has 1 fully saturated rings. The third-order valence-electron chi connectivity index (χ3n) is 4.13. The molecule has 0 amide bonds. The topological polar surface area (TPSA) is 26.0 Å². The van der Waals surface area contributed by atoms with E-state index in [2.05, 4.69) is 6.92 Å². The number of rotatable bonds is 3. The van der Waals surface area contributed by atoms with Gasteiger partial charge in [-0.2, -0.15) is 0 Å². The van der Waals surface area contributed by atoms with Gasteiger partial charge in [-0.15, -0.1) is 0 Å². The van der Waals surface area contributed by atoms with E-state index in [-0.39, 0.29) is 16.4 Å². The van der Waals surface area contributed by atoms with Crippen LogP contribution in [-0.2, 0) is 6.42 Å². The highest BCUT2D eigenvalue weighted by Crippen LogP contribution is 2.36. The first-order valence-corrected chi connectivity index (χ1v) is 7.13. The first kappa shape index (κ1) is 13.8. The van der Waals surface area contributed by atoms with Crippen LogP contribution >= 0.6 is 11.6 Å². The summed E-state index contributed by atoms with van der Waals surface area (Å²) < 4.78 is 13.4. The van der Waals surface area contributed by atoms with Gasteiger partial charge in [-0.1, -0.05) is 49.9 Å². The number of hydrogen-bond acceptors (Lipinski definition) is 1. The molecule has 2 rings (SSSR count). The first-order chi connectivity index (χ1) is 8.54. The third kappa shape index (κ3) is 3.04. The molecule has 3 heteroatoms. The Hall–Kier alpha value is -0.600. The number of benzene rings is 1. The lowest BCUT2D eigenvalue weighted by molar-refractivity contribution is 0.218. The minimum absolute atomic E-state index is 0.212. The molecule has 2 N–H and O–H groups in total. The van der Waals surface area contributed by atoms with Crippen LogP contribution in [0.25, 0.3) is 0 Å². The predicted molar refractivity (Wildman–Crippen MR) is 74.3 cm³/mol. The molecule has 0 saturated heterocycles. The lowest BCUT2D eigenvalue weighted by atomic mass is 9.72. The molecule has 1 saturated carbocycles. The predicted octanol–water partition coefficient (Wildman–Crippen LogP) is 4.32. The second kappa shape index (κ2) is 5.58. The maximum absolute atomic E-state index is 13.4. The molecule has 0 radical (unpaired) electrons. The van der Waals surface area contributed by atoms with Gasteiger partial charge in [0.2, 0.25) is 0 Å². The zero-order valence-electron chi connectivity index (χ0n) is 10.9. The van der Waals surface area contributed by atoms with Gasteiger partial charge >= 0.3 is 0 Å². The quantitative estimate of drug-likeness (QED) is 0.869. The number of nitrogens with two attached hydrogens (primary N) is 1. The van der Waals surface area contributed by atoms with Crippen LogP contribution in [0.15, 0.2) is 18.2 Å². The molecule has 100 valence electrons. The molecule has 1 aromatic rings. The summed E-state index contributed by atoms with van der Waals surface area (Å²) >= 11 is 6.01. The van der Waals surface area contributed by atoms with Gasteiger partial charge in [-0.25, -0.2) is 4.39 Å². The van der Waals surface area contributed by atoms with Gasteiger partial charge in [0.1, 0.15) is 5.82 Å². The Bertz CT molecular complexity index is 421. The molecule has 18 heavy (non-hydrogen) atoms. The lowest BCUT2D eigenvalue weighted by Gasteiger charge is -2.38. The number of hydrogen-bond donors (Lipinski definition) is 1. The highest BCUT2D eigenvalue weighted by atomic mass is 35.5. The van der Waals surface area contributed by atoms with Crippen LogP contribution in [0.4, 0.5) is 4.39 Å². The minimum atomic E-state index is -0.347. The Morgan fingerprint density at radius 2 is 2.28 bits per heavy atom. The first-order valence-electron chi connectivity index (χ1n) is 6.76. The highest BCUT2D eigenvalue weighted by Gasteiger charge is 2.32. The van der Waals surface area contributed by atoms with Crippen LogP contribution in [0.1, 0.15) is 44.6 Å². The van der Waals surface area contributed by atoms with E-state index in [0.717, 1.165) is 18.4 Å². The molecule has 0 heterocycles. The lowest BCUT2D eigenvalue weighted by Crippen LogP contribution is -2.46. The van der Waals surface area contributed by atoms with Gasteiger partial charge in [0.15, 0.2) is 0 Å². The zero-order valence-corrected chi connectivity index (χ0v) is 11.6. The van der Waals surface area contributed by atoms with Crippen molar-refractivity contribution in [3.05, 3.63) is 34.6 Å². The van der Waals surface area contributed by atoms with Crippen molar-refractivity contribution in [3.63, 3.8) is 0 Å². The average Bonchev–Trinajstić information content (AvgIpc) is 2.35. The molecular weight excluding hydrogens is 249 g/mol. The van der Waals surface area contributed by atoms with Crippen molar-refractivity contribution in [1.29, 1.82) is 0 Å². The Morgan fingerprint density at radius 3 is 3.00 bits per heavy atom. The van der Waals surface area contributed by atoms with Crippen LogP contribution in [0.2, 0.25) is 5.02 Å². The molecule has 1 aliphatic rings. The second-order valence-corrected chi connectivity index (χ2v) is 6.00. The fourth-order valence-electron chi connectivity index (χ4n) is 3.10. The molecule has 0 spiro atoms. The van der Waals surface area contributed by atoms with E-state index in [9.17, 15) is 4.39 Å². The van der Waals surface area contributed by atoms with Gasteiger partial charge in [-0.3, -0.25) is 0 Å². The van der Waals surface area contributed by atoms with Gasteiger partial charge in [0.05, 0.1) is 5.02 Å². The zero-order chi connectivity index (χ0) is 13.2. The SMILES string of the molecule is CCC1CCCC(N)(Cc2cccc(F)c2Cl)C1. The Morgan fingerprint density at radius 1 is 1.50 bits per heavy atom. The monoisotopic (exact) mass is 269 g/mol. The van der Waals surface area contributed by atoms with E-state index in [4.69, 9.17) is 17.3 Å². The molecule has 1 aromatic carbocycles. The molecule has 1 aliphatic carbocycles. The molecular formula is C15H21ClFN. The summed E-state index contributed by atoms with van der Waals surface area (Å²) in [6, 6.07) is 4.99. The fraction of sp³-hybridized carbons (Fsp3) is 0.600. The highest BCUT2D eigenvalue weighted by molar-refractivity contribution is 6.31. The van der Waals surface area contributed by atoms with E-state index in [1.54, 1.807) is 6.07 Å². The molecule has 1 nitrogen and oxygen atoms in total. The van der Waals surface area contributed by atoms with Gasteiger partial charge in [-0.05, 0) is 36.8 Å². The Labute approximate surface area is 114 Å². The summed E-state index contributed by atoms with van der Waals surface area (Å²) in [6.45, 7) is 2.21. The van der Waals surface area contributed by atoms with Crippen molar-refractivity contribution in [3.8, 4) is 0 Å². The normalized spacial score (nSPS) is 28.3. The Kier molecular flexibility index (Phi) is 4.29. The minimum Gasteiger partial charge on any atom is -0.325 e. The van der Waals surface area contributed by atoms with Crippen molar-refractivity contribution in [2.24, 2.45) is 11.7 Å². The fourth-order valence-corrected chi connectivity index (χ4v) is 3.29. The van der Waals surface area contributed by atoms with Crippen LogP contribution in [0.5, 0.6) is 0 Å². The van der Waals surface area contributed by atoms with Crippen molar-refractivity contribution in [1.82, 2.24) is 0 Å². The molecule has 0 aromatic heterocycles. The van der Waals surface area contributed by atoms with E-state index in [0.29, 0.717) is 12.3 Å². The van der Waals surface area contributed by atoms with E-state index < -0.39 is 0 Å². The largest absolute Gasteiger partial charge is 0.325 e. The van der Waals surface area contributed by atoms with Crippen molar-refractivity contribution < 1.29 is 4.39 Å². The number of halogens is 2. The molecule has 0 bridgehead atoms. The standard InChI is InChI=1S/C15H21ClFN/c1-2-11-5-4-8-15(18,9-11)10-12-6-3-7-13(17)14(12)16/h3,6-7,11H,2,4-5,8-10,18H2,1H3. The molecule has 0 aliphatic heterocycles. The van der Waals surface area contributed by atoms with Crippen LogP contribution in [0, 0.1) is 11.7 Å². The second-order valence-electron chi connectivity index (χ2n) is 5.62. The third-order valence-corrected chi connectivity index (χ3v) is 4.56. The summed E-state index contributed by atoms with van der Waals surface area (Å²) in [4.78, 5) is 0. The van der Waals surface area contributed by atoms with E-state index in [1.165, 1.54) is 25.3 Å². The van der Waals surface area contributed by atoms with Crippen LogP contribution in [0.3, 0.4) is 0 Å². The summed E-state index contributed by atoms with van der Waals surface area (Å²) in [7, 11) is 0. The maximum atomic E-state index is 13.4. The summed E-state index contributed by atoms with van der Waals surface area (Å²) in [5.41, 5.74) is 7.13. The van der Waals surface area contributed by atoms with Crippen LogP contribution < -0.4 is 5.73 Å². The average molecular weight is 270 g/mol. The summed E-state index contributed by atoms with van der Waals surface area (Å²) in [6.07, 6.45) is 6.33. The smallest absolute Gasteiger partial charge is 0.142 e. The molecule has 2 unspecified atom stereocenters. The van der Waals surface area contributed by atoms with Crippen molar-refractivity contribution in [2.45, 2.75) is 51.0 Å². The summed E-state index contributed by atoms with van der Waals surface area (Å²) in [5.74, 6) is 0.358. The summed E-state index contributed by atoms with van der Waals surface area (Å²) in [5, 5.41) is 0.237. The van der Waals surface area contributed by atoms with Crippen molar-refractivity contribution >= 4 is 11.6 Å².